The summed E-state index contributed by atoms with van der Waals surface area (Å²) in [5, 5.41) is -0.898. The number of hydrogen-bond acceptors (Lipinski definition) is 8. The minimum Gasteiger partial charge on any atom is -0.302 e. The molecule has 0 N–H and O–H groups in total. The molecule has 5 rings (SSSR count). The van der Waals surface area contributed by atoms with E-state index in [1.807, 2.05) is 30.3 Å². The predicted molar refractivity (Wildman–Crippen MR) is 104 cm³/mol. The van der Waals surface area contributed by atoms with E-state index in [-0.39, 0.29) is 17.7 Å². The number of nitrogens with zero attached hydrogens (tertiary/aromatic N) is 2. The van der Waals surface area contributed by atoms with Crippen LogP contribution in [0.3, 0.4) is 0 Å². The lowest BCUT2D eigenvalue weighted by Crippen LogP contribution is -2.59. The van der Waals surface area contributed by atoms with E-state index in [1.54, 1.807) is 35.2 Å². The van der Waals surface area contributed by atoms with Crippen LogP contribution in [0.2, 0.25) is 0 Å². The Bertz CT molecular complexity index is 1170. The third kappa shape index (κ3) is 3.07. The molecule has 0 aliphatic carbocycles. The van der Waals surface area contributed by atoms with Crippen molar-refractivity contribution < 1.29 is 25.2 Å². The van der Waals surface area contributed by atoms with Crippen LogP contribution < -0.4 is 0 Å². The van der Waals surface area contributed by atoms with Gasteiger partial charge in [0.2, 0.25) is 0 Å². The molecule has 0 saturated carbocycles. The SMILES string of the molecule is O=S1(=O)OC2CCC(S(=O)(=O)c3ccccc3)C3=NC(c4ccccc4)C(O1)N32. The standard InChI is InChI=1S/C19H18N2O6S2/c22-28(23,14-9-5-2-6-10-14)15-11-12-16-21-18(15)20-17(13-7-3-1-4-8-13)19(21)27-29(24,25)26-16/h1-10,15-17,19H,11-12H2. The van der Waals surface area contributed by atoms with Crippen molar-refractivity contribution in [3.63, 3.8) is 0 Å². The molecule has 0 radical (unpaired) electrons. The van der Waals surface area contributed by atoms with E-state index in [9.17, 15) is 16.8 Å². The van der Waals surface area contributed by atoms with Crippen molar-refractivity contribution >= 4 is 26.1 Å². The summed E-state index contributed by atoms with van der Waals surface area (Å²) in [5.41, 5.74) is 0.742. The van der Waals surface area contributed by atoms with Gasteiger partial charge in [-0.25, -0.2) is 16.8 Å². The summed E-state index contributed by atoms with van der Waals surface area (Å²) in [6.07, 6.45) is -1.35. The summed E-state index contributed by atoms with van der Waals surface area (Å²) in [7, 11) is -7.91. The fraction of sp³-hybridized carbons (Fsp3) is 0.316. The predicted octanol–water partition coefficient (Wildman–Crippen LogP) is 2.02. The minimum absolute atomic E-state index is 0.206. The fourth-order valence-corrected chi connectivity index (χ4v) is 6.83. The summed E-state index contributed by atoms with van der Waals surface area (Å²) in [5.74, 6) is 0.291. The van der Waals surface area contributed by atoms with E-state index < -0.39 is 44.0 Å². The Balaban J connectivity index is 1.61. The van der Waals surface area contributed by atoms with Gasteiger partial charge in [0.05, 0.1) is 4.90 Å². The van der Waals surface area contributed by atoms with Crippen molar-refractivity contribution in [3.05, 3.63) is 66.2 Å². The van der Waals surface area contributed by atoms with E-state index in [4.69, 9.17) is 8.37 Å². The van der Waals surface area contributed by atoms with Crippen LogP contribution in [0, 0.1) is 0 Å². The molecule has 2 fully saturated rings. The maximum atomic E-state index is 13.3. The maximum Gasteiger partial charge on any atom is 0.404 e. The summed E-state index contributed by atoms with van der Waals surface area (Å²) in [6.45, 7) is 0. The van der Waals surface area contributed by atoms with Crippen LogP contribution in [0.5, 0.6) is 0 Å². The molecule has 2 aromatic carbocycles. The fourth-order valence-electron chi connectivity index (χ4n) is 4.11. The number of aliphatic imine (C=N–C) groups is 1. The molecular weight excluding hydrogens is 416 g/mol. The minimum atomic E-state index is -4.20. The van der Waals surface area contributed by atoms with Gasteiger partial charge in [-0.2, -0.15) is 8.42 Å². The first-order valence-electron chi connectivity index (χ1n) is 9.18. The van der Waals surface area contributed by atoms with Crippen molar-refractivity contribution in [2.75, 3.05) is 0 Å². The monoisotopic (exact) mass is 434 g/mol. The number of benzene rings is 2. The quantitative estimate of drug-likeness (QED) is 0.728. The molecule has 0 amide bonds. The highest BCUT2D eigenvalue weighted by Crippen LogP contribution is 2.44. The maximum absolute atomic E-state index is 13.3. The van der Waals surface area contributed by atoms with Crippen LogP contribution in [0.4, 0.5) is 0 Å². The average molecular weight is 434 g/mol. The van der Waals surface area contributed by atoms with Gasteiger partial charge in [0, 0.05) is 0 Å². The normalized spacial score (nSPS) is 30.5. The van der Waals surface area contributed by atoms with Crippen LogP contribution in [0.15, 0.2) is 70.6 Å². The Labute approximate surface area is 169 Å². The molecule has 2 aromatic rings. The largest absolute Gasteiger partial charge is 0.404 e. The van der Waals surface area contributed by atoms with E-state index in [2.05, 4.69) is 4.99 Å². The van der Waals surface area contributed by atoms with Gasteiger partial charge in [-0.3, -0.25) is 4.99 Å². The molecule has 29 heavy (non-hydrogen) atoms. The lowest BCUT2D eigenvalue weighted by atomic mass is 10.1. The van der Waals surface area contributed by atoms with E-state index in [0.717, 1.165) is 5.56 Å². The zero-order chi connectivity index (χ0) is 20.2. The molecule has 4 atom stereocenters. The molecule has 2 saturated heterocycles. The van der Waals surface area contributed by atoms with Gasteiger partial charge in [0.1, 0.15) is 17.1 Å². The second kappa shape index (κ2) is 6.63. The Morgan fingerprint density at radius 3 is 2.28 bits per heavy atom. The first-order valence-corrected chi connectivity index (χ1v) is 12.1. The van der Waals surface area contributed by atoms with Crippen molar-refractivity contribution in [1.29, 1.82) is 0 Å². The Hall–Kier alpha value is -2.27. The lowest BCUT2D eigenvalue weighted by Gasteiger charge is -2.43. The zero-order valence-electron chi connectivity index (χ0n) is 15.2. The lowest BCUT2D eigenvalue weighted by molar-refractivity contribution is -0.0860. The highest BCUT2D eigenvalue weighted by Gasteiger charge is 2.55. The number of hydrogen-bond donors (Lipinski definition) is 0. The Morgan fingerprint density at radius 1 is 0.931 bits per heavy atom. The molecule has 3 heterocycles. The molecule has 3 aliphatic heterocycles. The van der Waals surface area contributed by atoms with E-state index in [0.29, 0.717) is 5.84 Å². The third-order valence-corrected chi connectivity index (χ3v) is 8.40. The molecule has 4 unspecified atom stereocenters. The van der Waals surface area contributed by atoms with Crippen molar-refractivity contribution in [3.8, 4) is 0 Å². The van der Waals surface area contributed by atoms with Gasteiger partial charge in [-0.1, -0.05) is 48.5 Å². The van der Waals surface area contributed by atoms with Gasteiger partial charge in [-0.05, 0) is 30.5 Å². The van der Waals surface area contributed by atoms with Crippen LogP contribution in [0.25, 0.3) is 0 Å². The summed E-state index contributed by atoms with van der Waals surface area (Å²) in [4.78, 5) is 6.44. The molecule has 10 heteroatoms. The van der Waals surface area contributed by atoms with Crippen molar-refractivity contribution in [2.24, 2.45) is 4.99 Å². The summed E-state index contributed by atoms with van der Waals surface area (Å²) < 4.78 is 61.2. The average Bonchev–Trinajstić information content (AvgIpc) is 3.08. The summed E-state index contributed by atoms with van der Waals surface area (Å²) in [6, 6.07) is 16.6. The Morgan fingerprint density at radius 2 is 1.59 bits per heavy atom. The molecule has 8 nitrogen and oxygen atoms in total. The van der Waals surface area contributed by atoms with Gasteiger partial charge in [-0.15, -0.1) is 0 Å². The smallest absolute Gasteiger partial charge is 0.302 e. The van der Waals surface area contributed by atoms with Crippen LogP contribution in [-0.2, 0) is 28.6 Å². The number of piperidine rings is 1. The molecule has 0 bridgehead atoms. The molecule has 152 valence electrons. The van der Waals surface area contributed by atoms with Crippen molar-refractivity contribution in [1.82, 2.24) is 4.90 Å². The van der Waals surface area contributed by atoms with Crippen molar-refractivity contribution in [2.45, 2.75) is 41.5 Å². The highest BCUT2D eigenvalue weighted by atomic mass is 32.3. The van der Waals surface area contributed by atoms with Gasteiger partial charge < -0.3 is 4.90 Å². The molecular formula is C19H18N2O6S2. The first-order chi connectivity index (χ1) is 13.9. The highest BCUT2D eigenvalue weighted by molar-refractivity contribution is 7.92. The van der Waals surface area contributed by atoms with Crippen LogP contribution >= 0.6 is 0 Å². The number of amidine groups is 1. The first kappa shape index (κ1) is 18.7. The second-order valence-corrected chi connectivity index (χ2v) is 10.5. The Kier molecular flexibility index (Phi) is 4.28. The van der Waals surface area contributed by atoms with Gasteiger partial charge >= 0.3 is 10.4 Å². The van der Waals surface area contributed by atoms with E-state index in [1.165, 1.54) is 0 Å². The molecule has 3 aliphatic rings. The zero-order valence-corrected chi connectivity index (χ0v) is 16.8. The number of rotatable bonds is 3. The molecule has 0 spiro atoms. The summed E-state index contributed by atoms with van der Waals surface area (Å²) >= 11 is 0. The topological polar surface area (TPSA) is 102 Å². The van der Waals surface area contributed by atoms with Gasteiger partial charge in [0.25, 0.3) is 0 Å². The van der Waals surface area contributed by atoms with Gasteiger partial charge in [0.15, 0.2) is 22.3 Å². The molecule has 0 aromatic heterocycles. The van der Waals surface area contributed by atoms with E-state index >= 15 is 0 Å². The third-order valence-electron chi connectivity index (χ3n) is 5.39. The van der Waals surface area contributed by atoms with Crippen LogP contribution in [0.1, 0.15) is 24.4 Å². The van der Waals surface area contributed by atoms with Crippen LogP contribution in [-0.4, -0.2) is 45.3 Å². The second-order valence-electron chi connectivity index (χ2n) is 7.12. The number of sulfone groups is 1.